The number of hydrogen-bond donors (Lipinski definition) is 1. The minimum Gasteiger partial charge on any atom is -0.376 e. The third kappa shape index (κ3) is 4.87. The number of fused-ring (bicyclic) bond motifs is 1. The molecule has 1 aromatic carbocycles. The first kappa shape index (κ1) is 20.1. The van der Waals surface area contributed by atoms with E-state index in [1.807, 2.05) is 0 Å². The molecule has 0 saturated carbocycles. The maximum absolute atomic E-state index is 12.9. The number of halogens is 1. The topological polar surface area (TPSA) is 73.2 Å². The average molecular weight is 418 g/mol. The van der Waals surface area contributed by atoms with E-state index in [2.05, 4.69) is 10.3 Å². The molecule has 8 heteroatoms. The molecule has 0 radical (unpaired) electrons. The predicted octanol–water partition coefficient (Wildman–Crippen LogP) is 2.46. The fourth-order valence-corrected chi connectivity index (χ4v) is 4.78. The van der Waals surface area contributed by atoms with Crippen molar-refractivity contribution < 1.29 is 13.9 Å². The van der Waals surface area contributed by atoms with Gasteiger partial charge in [-0.25, -0.2) is 9.18 Å². The monoisotopic (exact) mass is 417 g/mol. The highest BCUT2D eigenvalue weighted by atomic mass is 32.2. The molecule has 1 aliphatic carbocycles. The Bertz CT molecular complexity index is 939. The van der Waals surface area contributed by atoms with E-state index >= 15 is 0 Å². The van der Waals surface area contributed by atoms with Crippen LogP contribution in [0.25, 0.3) is 0 Å². The molecule has 1 aromatic heterocycles. The van der Waals surface area contributed by atoms with Crippen LogP contribution in [0.3, 0.4) is 0 Å². The van der Waals surface area contributed by atoms with Gasteiger partial charge < -0.3 is 10.1 Å². The summed E-state index contributed by atoms with van der Waals surface area (Å²) in [6.07, 6.45) is 4.85. The molecule has 0 bridgehead atoms. The molecule has 1 amide bonds. The number of nitrogens with one attached hydrogen (secondary N) is 1. The minimum absolute atomic E-state index is 0.0925. The van der Waals surface area contributed by atoms with Gasteiger partial charge in [-0.05, 0) is 49.8 Å². The van der Waals surface area contributed by atoms with Crippen LogP contribution in [0.1, 0.15) is 36.1 Å². The zero-order valence-corrected chi connectivity index (χ0v) is 17.0. The van der Waals surface area contributed by atoms with E-state index in [1.54, 1.807) is 16.7 Å². The summed E-state index contributed by atoms with van der Waals surface area (Å²) in [4.78, 5) is 29.1. The average Bonchev–Trinajstić information content (AvgIpc) is 3.40. The number of thioether (sulfide) groups is 1. The normalized spacial score (nSPS) is 18.0. The van der Waals surface area contributed by atoms with E-state index in [4.69, 9.17) is 4.74 Å². The zero-order valence-electron chi connectivity index (χ0n) is 16.2. The fourth-order valence-electron chi connectivity index (χ4n) is 3.87. The number of hydrogen-bond acceptors (Lipinski definition) is 5. The van der Waals surface area contributed by atoms with Gasteiger partial charge in [-0.15, -0.1) is 0 Å². The Morgan fingerprint density at radius 1 is 1.28 bits per heavy atom. The molecule has 2 aromatic rings. The number of benzene rings is 1. The lowest BCUT2D eigenvalue weighted by Crippen LogP contribution is -2.32. The van der Waals surface area contributed by atoms with Crippen molar-refractivity contribution in [3.8, 4) is 0 Å². The number of amides is 1. The van der Waals surface area contributed by atoms with Crippen LogP contribution in [-0.4, -0.2) is 33.9 Å². The van der Waals surface area contributed by atoms with Gasteiger partial charge in [-0.3, -0.25) is 9.36 Å². The Morgan fingerprint density at radius 3 is 2.86 bits per heavy atom. The van der Waals surface area contributed by atoms with E-state index in [0.29, 0.717) is 18.1 Å². The van der Waals surface area contributed by atoms with Gasteiger partial charge in [-0.1, -0.05) is 23.9 Å². The maximum Gasteiger partial charge on any atom is 0.348 e. The van der Waals surface area contributed by atoms with E-state index < -0.39 is 0 Å². The molecule has 154 valence electrons. The van der Waals surface area contributed by atoms with Gasteiger partial charge in [0.25, 0.3) is 0 Å². The molecule has 4 rings (SSSR count). The number of carbonyl (C=O) groups excluding carboxylic acids is 1. The van der Waals surface area contributed by atoms with Crippen LogP contribution in [-0.2, 0) is 35.5 Å². The van der Waals surface area contributed by atoms with E-state index in [-0.39, 0.29) is 29.3 Å². The molecule has 1 N–H and O–H groups in total. The molecular formula is C21H24FN3O3S. The first-order valence-electron chi connectivity index (χ1n) is 9.98. The quantitative estimate of drug-likeness (QED) is 0.553. The van der Waals surface area contributed by atoms with Gasteiger partial charge in [0.1, 0.15) is 10.8 Å². The second kappa shape index (κ2) is 9.09. The van der Waals surface area contributed by atoms with Crippen LogP contribution < -0.4 is 11.0 Å². The first-order valence-corrected chi connectivity index (χ1v) is 11.0. The second-order valence-electron chi connectivity index (χ2n) is 7.42. The van der Waals surface area contributed by atoms with Crippen molar-refractivity contribution >= 4 is 17.7 Å². The predicted molar refractivity (Wildman–Crippen MR) is 108 cm³/mol. The summed E-state index contributed by atoms with van der Waals surface area (Å²) in [5.41, 5.74) is 2.73. The highest BCUT2D eigenvalue weighted by Crippen LogP contribution is 2.29. The van der Waals surface area contributed by atoms with Gasteiger partial charge in [0.05, 0.1) is 18.4 Å². The summed E-state index contributed by atoms with van der Waals surface area (Å²) >= 11 is 1.31. The molecule has 29 heavy (non-hydrogen) atoms. The smallest absolute Gasteiger partial charge is 0.348 e. The SMILES string of the molecule is O=C(CSc1nc(=O)n(C[C@@H]2CCCO2)c2c1CCC2)NCc1ccc(F)cc1. The van der Waals surface area contributed by atoms with Crippen LogP contribution >= 0.6 is 11.8 Å². The highest BCUT2D eigenvalue weighted by molar-refractivity contribution is 7.99. The van der Waals surface area contributed by atoms with Crippen molar-refractivity contribution in [2.75, 3.05) is 12.4 Å². The molecule has 0 unspecified atom stereocenters. The summed E-state index contributed by atoms with van der Waals surface area (Å²) in [6.45, 7) is 1.67. The van der Waals surface area contributed by atoms with Gasteiger partial charge >= 0.3 is 5.69 Å². The third-order valence-corrected chi connectivity index (χ3v) is 6.37. The standard InChI is InChI=1S/C21H24FN3O3S/c22-15-8-6-14(7-9-15)11-23-19(26)13-29-20-17-4-1-5-18(17)25(21(27)24-20)12-16-3-2-10-28-16/h6-9,16H,1-5,10-13H2,(H,23,26)/t16-/m0/s1. The molecule has 1 fully saturated rings. The second-order valence-corrected chi connectivity index (χ2v) is 8.38. The van der Waals surface area contributed by atoms with Gasteiger partial charge in [-0.2, -0.15) is 4.98 Å². The molecule has 1 atom stereocenters. The first-order chi connectivity index (χ1) is 14.1. The lowest BCUT2D eigenvalue weighted by molar-refractivity contribution is -0.118. The lowest BCUT2D eigenvalue weighted by atomic mass is 10.2. The summed E-state index contributed by atoms with van der Waals surface area (Å²) in [7, 11) is 0. The van der Waals surface area contributed by atoms with Crippen molar-refractivity contribution in [2.45, 2.75) is 56.3 Å². The lowest BCUT2D eigenvalue weighted by Gasteiger charge is -2.17. The number of aromatic nitrogens is 2. The maximum atomic E-state index is 12.9. The zero-order chi connectivity index (χ0) is 20.2. The molecular weight excluding hydrogens is 393 g/mol. The van der Waals surface area contributed by atoms with E-state index in [1.165, 1.54) is 23.9 Å². The Morgan fingerprint density at radius 2 is 2.10 bits per heavy atom. The molecule has 2 heterocycles. The van der Waals surface area contributed by atoms with Crippen LogP contribution in [0.2, 0.25) is 0 Å². The van der Waals surface area contributed by atoms with E-state index in [9.17, 15) is 14.0 Å². The largest absolute Gasteiger partial charge is 0.376 e. The van der Waals surface area contributed by atoms with Crippen LogP contribution in [0, 0.1) is 5.82 Å². The Labute approximate surface area is 172 Å². The third-order valence-electron chi connectivity index (χ3n) is 5.35. The molecule has 1 saturated heterocycles. The van der Waals surface area contributed by atoms with E-state index in [0.717, 1.165) is 55.5 Å². The van der Waals surface area contributed by atoms with Crippen molar-refractivity contribution in [1.29, 1.82) is 0 Å². The molecule has 2 aliphatic rings. The number of nitrogens with zero attached hydrogens (tertiary/aromatic N) is 2. The van der Waals surface area contributed by atoms with Gasteiger partial charge in [0.15, 0.2) is 0 Å². The minimum atomic E-state index is -0.301. The van der Waals surface area contributed by atoms with Gasteiger partial charge in [0.2, 0.25) is 5.91 Å². The summed E-state index contributed by atoms with van der Waals surface area (Å²) < 4.78 is 20.4. The highest BCUT2D eigenvalue weighted by Gasteiger charge is 2.25. The molecule has 0 spiro atoms. The Kier molecular flexibility index (Phi) is 6.30. The van der Waals surface area contributed by atoms with Crippen LogP contribution in [0.5, 0.6) is 0 Å². The number of rotatable bonds is 7. The molecule has 6 nitrogen and oxygen atoms in total. The number of ether oxygens (including phenoxy) is 1. The molecule has 1 aliphatic heterocycles. The van der Waals surface area contributed by atoms with Crippen molar-refractivity contribution in [1.82, 2.24) is 14.9 Å². The van der Waals surface area contributed by atoms with Gasteiger partial charge in [0, 0.05) is 24.4 Å². The number of carbonyl (C=O) groups is 1. The fraction of sp³-hybridized carbons (Fsp3) is 0.476. The van der Waals surface area contributed by atoms with Crippen molar-refractivity contribution in [3.05, 3.63) is 57.4 Å². The van der Waals surface area contributed by atoms with Crippen molar-refractivity contribution in [2.24, 2.45) is 0 Å². The summed E-state index contributed by atoms with van der Waals surface area (Å²) in [5, 5.41) is 3.49. The van der Waals surface area contributed by atoms with Crippen LogP contribution in [0.4, 0.5) is 4.39 Å². The Balaban J connectivity index is 1.39. The van der Waals surface area contributed by atoms with Crippen molar-refractivity contribution in [3.63, 3.8) is 0 Å². The van der Waals surface area contributed by atoms with Crippen LogP contribution in [0.15, 0.2) is 34.1 Å². The summed E-state index contributed by atoms with van der Waals surface area (Å²) in [6, 6.07) is 6.03. The Hall–Kier alpha value is -2.19. The summed E-state index contributed by atoms with van der Waals surface area (Å²) in [5.74, 6) is -0.253.